The van der Waals surface area contributed by atoms with Crippen molar-refractivity contribution in [2.24, 2.45) is 0 Å². The molecule has 30 heavy (non-hydrogen) atoms. The molecule has 4 rings (SSSR count). The van der Waals surface area contributed by atoms with Gasteiger partial charge in [-0.1, -0.05) is 0 Å². The zero-order chi connectivity index (χ0) is 21.5. The number of methoxy groups -OCH3 is 1. The molecule has 0 fully saturated rings. The van der Waals surface area contributed by atoms with E-state index in [0.29, 0.717) is 23.7 Å². The first-order valence-corrected chi connectivity index (χ1v) is 10.8. The lowest BCUT2D eigenvalue weighted by Gasteiger charge is -2.14. The Kier molecular flexibility index (Phi) is 5.12. The molecule has 2 N–H and O–H groups in total. The molecule has 158 valence electrons. The minimum Gasteiger partial charge on any atom is -0.497 e. The van der Waals surface area contributed by atoms with Crippen molar-refractivity contribution < 1.29 is 17.6 Å². The van der Waals surface area contributed by atoms with Gasteiger partial charge in [-0.25, -0.2) is 13.4 Å². The van der Waals surface area contributed by atoms with E-state index in [0.717, 1.165) is 28.0 Å². The molecule has 0 atom stereocenters. The minimum atomic E-state index is -3.78. The van der Waals surface area contributed by atoms with Crippen molar-refractivity contribution in [2.75, 3.05) is 20.7 Å². The topological polar surface area (TPSA) is 117 Å². The Labute approximate surface area is 174 Å². The van der Waals surface area contributed by atoms with Crippen LogP contribution in [0.3, 0.4) is 0 Å². The van der Waals surface area contributed by atoms with Crippen LogP contribution in [0.2, 0.25) is 0 Å². The third-order valence-electron chi connectivity index (χ3n) is 5.13. The van der Waals surface area contributed by atoms with E-state index in [1.54, 1.807) is 13.2 Å². The molecule has 0 unspecified atom stereocenters. The first-order valence-electron chi connectivity index (χ1n) is 9.40. The largest absolute Gasteiger partial charge is 0.497 e. The summed E-state index contributed by atoms with van der Waals surface area (Å²) in [5.41, 5.74) is 4.08. The van der Waals surface area contributed by atoms with E-state index in [1.165, 1.54) is 17.4 Å². The molecule has 3 heterocycles. The van der Waals surface area contributed by atoms with Crippen molar-refractivity contribution in [1.82, 2.24) is 24.5 Å². The average Bonchev–Trinajstić information content (AvgIpc) is 3.44. The number of likely N-dealkylation sites (N-methyl/N-ethyl adjacent to an activating group) is 1. The first-order chi connectivity index (χ1) is 14.3. The van der Waals surface area contributed by atoms with E-state index >= 15 is 0 Å². The van der Waals surface area contributed by atoms with Gasteiger partial charge in [0, 0.05) is 37.3 Å². The molecule has 0 spiro atoms. The number of nitrogens with zero attached hydrogens (tertiary/aromatic N) is 3. The molecule has 0 aliphatic carbocycles. The van der Waals surface area contributed by atoms with Gasteiger partial charge < -0.3 is 14.1 Å². The van der Waals surface area contributed by atoms with Crippen LogP contribution in [0, 0.1) is 13.8 Å². The normalized spacial score (nSPS) is 12.2. The quantitative estimate of drug-likeness (QED) is 0.466. The molecule has 1 aromatic carbocycles. The molecule has 0 aliphatic rings. The van der Waals surface area contributed by atoms with Gasteiger partial charge in [0.1, 0.15) is 17.3 Å². The predicted molar refractivity (Wildman–Crippen MR) is 112 cm³/mol. The number of ether oxygens (including phenoxy) is 1. The third-order valence-corrected chi connectivity index (χ3v) is 6.87. The summed E-state index contributed by atoms with van der Waals surface area (Å²) in [7, 11) is -0.651. The second kappa shape index (κ2) is 7.62. The first kappa shape index (κ1) is 20.2. The molecule has 0 saturated carbocycles. The summed E-state index contributed by atoms with van der Waals surface area (Å²) in [6, 6.07) is 8.63. The number of aromatic amines is 2. The van der Waals surface area contributed by atoms with Gasteiger partial charge in [-0.15, -0.1) is 0 Å². The fourth-order valence-corrected chi connectivity index (χ4v) is 4.21. The van der Waals surface area contributed by atoms with E-state index in [9.17, 15) is 8.42 Å². The van der Waals surface area contributed by atoms with E-state index in [2.05, 4.69) is 20.2 Å². The highest BCUT2D eigenvalue weighted by atomic mass is 32.2. The highest BCUT2D eigenvalue weighted by Crippen LogP contribution is 2.28. The van der Waals surface area contributed by atoms with E-state index < -0.39 is 10.0 Å². The number of sulfonamides is 1. The fraction of sp³-hybridized carbons (Fsp3) is 0.300. The van der Waals surface area contributed by atoms with E-state index in [4.69, 9.17) is 9.15 Å². The molecular weight excluding hydrogens is 406 g/mol. The highest BCUT2D eigenvalue weighted by molar-refractivity contribution is 7.89. The zero-order valence-electron chi connectivity index (χ0n) is 17.2. The number of furan rings is 1. The van der Waals surface area contributed by atoms with E-state index in [1.807, 2.05) is 32.0 Å². The Hall–Kier alpha value is -3.11. The van der Waals surface area contributed by atoms with Gasteiger partial charge in [0.2, 0.25) is 5.09 Å². The average molecular weight is 430 g/mol. The number of aromatic nitrogens is 4. The number of rotatable bonds is 7. The van der Waals surface area contributed by atoms with Crippen molar-refractivity contribution in [3.8, 4) is 17.2 Å². The number of nitrogens with one attached hydrogen (secondary N) is 2. The summed E-state index contributed by atoms with van der Waals surface area (Å²) in [5, 5.41) is 6.94. The maximum atomic E-state index is 12.9. The maximum Gasteiger partial charge on any atom is 0.276 e. The van der Waals surface area contributed by atoms with Crippen molar-refractivity contribution >= 4 is 21.1 Å². The smallest absolute Gasteiger partial charge is 0.276 e. The molecule has 9 nitrogen and oxygen atoms in total. The summed E-state index contributed by atoms with van der Waals surface area (Å²) < 4.78 is 37.9. The van der Waals surface area contributed by atoms with Gasteiger partial charge >= 0.3 is 0 Å². The van der Waals surface area contributed by atoms with Crippen molar-refractivity contribution in [3.63, 3.8) is 0 Å². The van der Waals surface area contributed by atoms with Crippen LogP contribution < -0.4 is 4.74 Å². The molecule has 4 aromatic rings. The molecule has 3 aromatic heterocycles. The van der Waals surface area contributed by atoms with Gasteiger partial charge in [-0.05, 0) is 38.1 Å². The lowest BCUT2D eigenvalue weighted by Crippen LogP contribution is -2.29. The second-order valence-electron chi connectivity index (χ2n) is 7.08. The Morgan fingerprint density at radius 3 is 2.70 bits per heavy atom. The summed E-state index contributed by atoms with van der Waals surface area (Å²) in [4.78, 5) is 7.71. The standard InChI is InChI=1S/C20H23N5O4S/c1-12-13(2)23-24-20(12)17-7-8-19(29-17)30(26,27)25(3)10-9-18-21-15-6-5-14(28-4)11-16(15)22-18/h5-8,11H,9-10H2,1-4H3,(H,21,22)(H,23,24). The Morgan fingerprint density at radius 2 is 2.00 bits per heavy atom. The monoisotopic (exact) mass is 429 g/mol. The molecule has 10 heteroatoms. The summed E-state index contributed by atoms with van der Waals surface area (Å²) in [6.45, 7) is 4.05. The number of benzene rings is 1. The Bertz CT molecular complexity index is 1300. The van der Waals surface area contributed by atoms with Crippen LogP contribution in [0.15, 0.2) is 39.8 Å². The van der Waals surface area contributed by atoms with Crippen LogP contribution in [0.1, 0.15) is 17.1 Å². The third kappa shape index (κ3) is 3.59. The Balaban J connectivity index is 1.49. The molecule has 0 radical (unpaired) electrons. The van der Waals surface area contributed by atoms with Gasteiger partial charge in [0.15, 0.2) is 5.76 Å². The van der Waals surface area contributed by atoms with Crippen LogP contribution in [0.4, 0.5) is 0 Å². The van der Waals surface area contributed by atoms with Crippen LogP contribution in [0.25, 0.3) is 22.5 Å². The molecule has 0 bridgehead atoms. The van der Waals surface area contributed by atoms with Crippen molar-refractivity contribution in [2.45, 2.75) is 25.4 Å². The maximum absolute atomic E-state index is 12.9. The molecule has 0 amide bonds. The van der Waals surface area contributed by atoms with E-state index in [-0.39, 0.29) is 11.6 Å². The SMILES string of the molecule is COc1ccc2nc(CCN(C)S(=O)(=O)c3ccc(-c4n[nH]c(C)c4C)o3)[nH]c2c1. The summed E-state index contributed by atoms with van der Waals surface area (Å²) >= 11 is 0. The second-order valence-corrected chi connectivity index (χ2v) is 9.06. The highest BCUT2D eigenvalue weighted by Gasteiger charge is 2.26. The molecule has 0 saturated heterocycles. The molecular formula is C20H23N5O4S. The summed E-state index contributed by atoms with van der Waals surface area (Å²) in [5.74, 6) is 1.84. The van der Waals surface area contributed by atoms with Crippen LogP contribution >= 0.6 is 0 Å². The number of hydrogen-bond donors (Lipinski definition) is 2. The predicted octanol–water partition coefficient (Wildman–Crippen LogP) is 3.03. The number of aryl methyl sites for hydroxylation is 1. The molecule has 0 aliphatic heterocycles. The summed E-state index contributed by atoms with van der Waals surface area (Å²) in [6.07, 6.45) is 0.429. The fourth-order valence-electron chi connectivity index (χ4n) is 3.14. The van der Waals surface area contributed by atoms with Crippen LogP contribution in [0.5, 0.6) is 5.75 Å². The zero-order valence-corrected chi connectivity index (χ0v) is 18.0. The van der Waals surface area contributed by atoms with Crippen molar-refractivity contribution in [1.29, 1.82) is 0 Å². The van der Waals surface area contributed by atoms with Gasteiger partial charge in [-0.3, -0.25) is 5.10 Å². The minimum absolute atomic E-state index is 0.116. The van der Waals surface area contributed by atoms with Crippen molar-refractivity contribution in [3.05, 3.63) is 47.4 Å². The van der Waals surface area contributed by atoms with Crippen LogP contribution in [-0.4, -0.2) is 53.6 Å². The number of fused-ring (bicyclic) bond motifs is 1. The number of imidazole rings is 1. The van der Waals surface area contributed by atoms with Gasteiger partial charge in [0.25, 0.3) is 10.0 Å². The van der Waals surface area contributed by atoms with Crippen LogP contribution in [-0.2, 0) is 16.4 Å². The van der Waals surface area contributed by atoms with Gasteiger partial charge in [0.05, 0.1) is 18.1 Å². The lowest BCUT2D eigenvalue weighted by atomic mass is 10.2. The number of H-pyrrole nitrogens is 2. The van der Waals surface area contributed by atoms with Gasteiger partial charge in [-0.2, -0.15) is 9.40 Å². The Morgan fingerprint density at radius 1 is 1.20 bits per heavy atom. The lowest BCUT2D eigenvalue weighted by molar-refractivity contribution is 0.414. The number of hydrogen-bond acceptors (Lipinski definition) is 6.